The van der Waals surface area contributed by atoms with Crippen LogP contribution in [0.15, 0.2) is 53.4 Å². The van der Waals surface area contributed by atoms with Crippen molar-refractivity contribution in [2.75, 3.05) is 18.4 Å². The number of ether oxygens (including phenoxy) is 1. The van der Waals surface area contributed by atoms with Crippen molar-refractivity contribution in [3.63, 3.8) is 0 Å². The van der Waals surface area contributed by atoms with Crippen LogP contribution in [-0.2, 0) is 19.6 Å². The predicted molar refractivity (Wildman–Crippen MR) is 94.0 cm³/mol. The molecular weight excluding hydrogens is 379 g/mol. The van der Waals surface area contributed by atoms with Gasteiger partial charge in [-0.3, -0.25) is 9.52 Å². The molecule has 0 aliphatic carbocycles. The summed E-state index contributed by atoms with van der Waals surface area (Å²) in [5, 5.41) is 11.4. The number of anilines is 1. The Morgan fingerprint density at radius 2 is 1.85 bits per heavy atom. The van der Waals surface area contributed by atoms with E-state index in [1.165, 1.54) is 30.3 Å². The standard InChI is InChI=1S/C17H17FN2O6S/c1-26-17(23)15(10-21)19-16(22)11-3-2-4-14(9-11)27(24,25)20-13-7-5-12(18)6-8-13/h2-9,15,20-21H,10H2,1H3,(H,19,22)/t15-/m0/s1. The molecule has 0 radical (unpaired) electrons. The number of halogens is 1. The van der Waals surface area contributed by atoms with Gasteiger partial charge in [-0.05, 0) is 42.5 Å². The van der Waals surface area contributed by atoms with Gasteiger partial charge in [0.1, 0.15) is 5.82 Å². The maximum absolute atomic E-state index is 12.9. The molecule has 0 unspecified atom stereocenters. The number of nitrogens with one attached hydrogen (secondary N) is 2. The van der Waals surface area contributed by atoms with Crippen LogP contribution in [-0.4, -0.2) is 45.2 Å². The summed E-state index contributed by atoms with van der Waals surface area (Å²) in [5.74, 6) is -2.12. The van der Waals surface area contributed by atoms with Gasteiger partial charge < -0.3 is 15.2 Å². The third kappa shape index (κ3) is 5.25. The van der Waals surface area contributed by atoms with Gasteiger partial charge in [-0.15, -0.1) is 0 Å². The molecule has 3 N–H and O–H groups in total. The number of rotatable bonds is 7. The second-order valence-electron chi connectivity index (χ2n) is 5.37. The molecule has 0 aliphatic heterocycles. The van der Waals surface area contributed by atoms with Crippen molar-refractivity contribution >= 4 is 27.6 Å². The maximum Gasteiger partial charge on any atom is 0.330 e. The van der Waals surface area contributed by atoms with Crippen molar-refractivity contribution in [2.45, 2.75) is 10.9 Å². The molecule has 27 heavy (non-hydrogen) atoms. The highest BCUT2D eigenvalue weighted by atomic mass is 32.2. The van der Waals surface area contributed by atoms with E-state index >= 15 is 0 Å². The Kier molecular flexibility index (Phi) is 6.48. The fourth-order valence-electron chi connectivity index (χ4n) is 2.10. The third-order valence-corrected chi connectivity index (χ3v) is 4.86. The molecule has 1 atom stereocenters. The van der Waals surface area contributed by atoms with E-state index in [0.717, 1.165) is 25.3 Å². The molecule has 0 spiro atoms. The summed E-state index contributed by atoms with van der Waals surface area (Å²) < 4.78 is 44.5. The van der Waals surface area contributed by atoms with Gasteiger partial charge in [0.2, 0.25) is 0 Å². The second kappa shape index (κ2) is 8.60. The minimum absolute atomic E-state index is 0.0423. The lowest BCUT2D eigenvalue weighted by Gasteiger charge is -2.14. The van der Waals surface area contributed by atoms with Crippen molar-refractivity contribution in [3.8, 4) is 0 Å². The Bertz CT molecular complexity index is 931. The molecule has 2 rings (SSSR count). The Balaban J connectivity index is 2.21. The van der Waals surface area contributed by atoms with Gasteiger partial charge in [0.15, 0.2) is 6.04 Å². The summed E-state index contributed by atoms with van der Waals surface area (Å²) in [6.07, 6.45) is 0. The molecule has 8 nitrogen and oxygen atoms in total. The third-order valence-electron chi connectivity index (χ3n) is 3.48. The number of aliphatic hydroxyl groups excluding tert-OH is 1. The van der Waals surface area contributed by atoms with Gasteiger partial charge in [0.25, 0.3) is 15.9 Å². The molecule has 0 saturated heterocycles. The first-order valence-corrected chi connectivity index (χ1v) is 9.13. The Labute approximate surface area is 155 Å². The Hall–Kier alpha value is -2.98. The van der Waals surface area contributed by atoms with Crippen molar-refractivity contribution in [1.29, 1.82) is 0 Å². The maximum atomic E-state index is 12.9. The SMILES string of the molecule is COC(=O)[C@H](CO)NC(=O)c1cccc(S(=O)(=O)Nc2ccc(F)cc2)c1. The van der Waals surface area contributed by atoms with Gasteiger partial charge in [0.05, 0.1) is 18.6 Å². The first-order valence-electron chi connectivity index (χ1n) is 7.65. The van der Waals surface area contributed by atoms with Crippen molar-refractivity contribution in [3.05, 3.63) is 59.9 Å². The van der Waals surface area contributed by atoms with E-state index in [4.69, 9.17) is 5.11 Å². The topological polar surface area (TPSA) is 122 Å². The molecule has 2 aromatic carbocycles. The van der Waals surface area contributed by atoms with E-state index < -0.39 is 40.4 Å². The summed E-state index contributed by atoms with van der Waals surface area (Å²) >= 11 is 0. The molecule has 2 aromatic rings. The van der Waals surface area contributed by atoms with Crippen LogP contribution >= 0.6 is 0 Å². The van der Waals surface area contributed by atoms with Crippen LogP contribution in [0.4, 0.5) is 10.1 Å². The van der Waals surface area contributed by atoms with Gasteiger partial charge in [0, 0.05) is 11.3 Å². The lowest BCUT2D eigenvalue weighted by molar-refractivity contribution is -0.143. The van der Waals surface area contributed by atoms with Crippen LogP contribution in [0.2, 0.25) is 0 Å². The van der Waals surface area contributed by atoms with E-state index in [1.807, 2.05) is 0 Å². The highest BCUT2D eigenvalue weighted by Gasteiger charge is 2.22. The van der Waals surface area contributed by atoms with E-state index in [1.54, 1.807) is 0 Å². The summed E-state index contributed by atoms with van der Waals surface area (Å²) in [5.41, 5.74) is 0.108. The number of carbonyl (C=O) groups is 2. The van der Waals surface area contributed by atoms with E-state index in [2.05, 4.69) is 14.8 Å². The number of benzene rings is 2. The molecule has 0 aliphatic rings. The first-order chi connectivity index (χ1) is 12.8. The average molecular weight is 396 g/mol. The molecule has 0 heterocycles. The number of methoxy groups -OCH3 is 1. The summed E-state index contributed by atoms with van der Waals surface area (Å²) in [6.45, 7) is -0.678. The molecule has 144 valence electrons. The van der Waals surface area contributed by atoms with Gasteiger partial charge >= 0.3 is 5.97 Å². The predicted octanol–water partition coefficient (Wildman–Crippen LogP) is 0.890. The molecule has 1 amide bonds. The van der Waals surface area contributed by atoms with Gasteiger partial charge in [-0.1, -0.05) is 6.07 Å². The lowest BCUT2D eigenvalue weighted by Crippen LogP contribution is -2.44. The second-order valence-corrected chi connectivity index (χ2v) is 7.05. The van der Waals surface area contributed by atoms with Crippen molar-refractivity contribution < 1.29 is 32.2 Å². The molecule has 0 fully saturated rings. The summed E-state index contributed by atoms with van der Waals surface area (Å²) in [6, 6.07) is 8.50. The zero-order valence-electron chi connectivity index (χ0n) is 14.2. The number of sulfonamides is 1. The van der Waals surface area contributed by atoms with Crippen LogP contribution < -0.4 is 10.0 Å². The summed E-state index contributed by atoms with van der Waals surface area (Å²) in [4.78, 5) is 23.4. The number of hydrogen-bond donors (Lipinski definition) is 3. The summed E-state index contributed by atoms with van der Waals surface area (Å²) in [7, 11) is -2.93. The number of esters is 1. The smallest absolute Gasteiger partial charge is 0.330 e. The largest absolute Gasteiger partial charge is 0.467 e. The zero-order valence-corrected chi connectivity index (χ0v) is 15.0. The minimum atomic E-state index is -4.03. The highest BCUT2D eigenvalue weighted by Crippen LogP contribution is 2.17. The molecular formula is C17H17FN2O6S. The number of aliphatic hydroxyl groups is 1. The number of amides is 1. The van der Waals surface area contributed by atoms with Crippen LogP contribution in [0.3, 0.4) is 0 Å². The van der Waals surface area contributed by atoms with Crippen molar-refractivity contribution in [2.24, 2.45) is 0 Å². The van der Waals surface area contributed by atoms with Gasteiger partial charge in [-0.25, -0.2) is 17.6 Å². The lowest BCUT2D eigenvalue weighted by atomic mass is 10.2. The van der Waals surface area contributed by atoms with E-state index in [0.29, 0.717) is 0 Å². The molecule has 0 bridgehead atoms. The van der Waals surface area contributed by atoms with E-state index in [-0.39, 0.29) is 16.1 Å². The van der Waals surface area contributed by atoms with Crippen LogP contribution in [0, 0.1) is 5.82 Å². The Morgan fingerprint density at radius 3 is 2.44 bits per heavy atom. The Morgan fingerprint density at radius 1 is 1.19 bits per heavy atom. The quantitative estimate of drug-likeness (QED) is 0.598. The number of carbonyl (C=O) groups excluding carboxylic acids is 2. The monoisotopic (exact) mass is 396 g/mol. The molecule has 0 saturated carbocycles. The van der Waals surface area contributed by atoms with Gasteiger partial charge in [-0.2, -0.15) is 0 Å². The van der Waals surface area contributed by atoms with Crippen LogP contribution in [0.25, 0.3) is 0 Å². The van der Waals surface area contributed by atoms with Crippen molar-refractivity contribution in [1.82, 2.24) is 5.32 Å². The normalized spacial score (nSPS) is 12.1. The molecule has 0 aromatic heterocycles. The fourth-order valence-corrected chi connectivity index (χ4v) is 3.20. The molecule has 10 heteroatoms. The highest BCUT2D eigenvalue weighted by molar-refractivity contribution is 7.92. The average Bonchev–Trinajstić information content (AvgIpc) is 2.67. The number of hydrogen-bond acceptors (Lipinski definition) is 6. The zero-order chi connectivity index (χ0) is 20.0. The van der Waals surface area contributed by atoms with Crippen LogP contribution in [0.5, 0.6) is 0 Å². The van der Waals surface area contributed by atoms with Crippen LogP contribution in [0.1, 0.15) is 10.4 Å². The van der Waals surface area contributed by atoms with E-state index in [9.17, 15) is 22.4 Å². The minimum Gasteiger partial charge on any atom is -0.467 e. The first kappa shape index (κ1) is 20.3. The fraction of sp³-hybridized carbons (Fsp3) is 0.176.